The first-order valence-electron chi connectivity index (χ1n) is 3.82. The first-order valence-corrected chi connectivity index (χ1v) is 6.31. The molecule has 0 fully saturated rings. The molecule has 15 heavy (non-hydrogen) atoms. The average Bonchev–Trinajstić information content (AvgIpc) is 2.71. The van der Waals surface area contributed by atoms with Crippen molar-refractivity contribution in [1.82, 2.24) is 4.98 Å². The van der Waals surface area contributed by atoms with E-state index in [0.29, 0.717) is 4.88 Å². The highest BCUT2D eigenvalue weighted by atomic mass is 79.9. The Morgan fingerprint density at radius 3 is 2.80 bits per heavy atom. The lowest BCUT2D eigenvalue weighted by Crippen LogP contribution is -1.98. The number of aromatic nitrogens is 1. The highest BCUT2D eigenvalue weighted by molar-refractivity contribution is 9.10. The third kappa shape index (κ3) is 1.90. The summed E-state index contributed by atoms with van der Waals surface area (Å²) >= 11 is 5.98. The fourth-order valence-electron chi connectivity index (χ4n) is 1.09. The molecule has 0 saturated carbocycles. The van der Waals surface area contributed by atoms with E-state index in [1.807, 2.05) is 11.4 Å². The lowest BCUT2D eigenvalue weighted by molar-refractivity contribution is 0.0692. The number of hydrogen-bond acceptors (Lipinski definition) is 5. The Morgan fingerprint density at radius 2 is 2.27 bits per heavy atom. The molecule has 0 amide bonds. The van der Waals surface area contributed by atoms with Gasteiger partial charge in [0.25, 0.3) is 0 Å². The Balaban J connectivity index is 2.62. The summed E-state index contributed by atoms with van der Waals surface area (Å²) in [5.41, 5.74) is 5.52. The van der Waals surface area contributed by atoms with Crippen LogP contribution in [0.3, 0.4) is 0 Å². The van der Waals surface area contributed by atoms with Crippen LogP contribution in [0.5, 0.6) is 0 Å². The summed E-state index contributed by atoms with van der Waals surface area (Å²) in [5.74, 6) is -1.06. The van der Waals surface area contributed by atoms with Crippen molar-refractivity contribution in [3.8, 4) is 9.75 Å². The minimum absolute atomic E-state index is 0.0145. The van der Waals surface area contributed by atoms with Crippen molar-refractivity contribution in [2.75, 3.05) is 5.73 Å². The summed E-state index contributed by atoms with van der Waals surface area (Å²) in [6.45, 7) is 0. The van der Waals surface area contributed by atoms with Gasteiger partial charge in [0, 0.05) is 4.47 Å². The quantitative estimate of drug-likeness (QED) is 0.894. The van der Waals surface area contributed by atoms with Crippen molar-refractivity contribution >= 4 is 49.7 Å². The molecule has 78 valence electrons. The maximum absolute atomic E-state index is 10.9. The fourth-order valence-corrected chi connectivity index (χ4v) is 3.78. The van der Waals surface area contributed by atoms with Gasteiger partial charge in [-0.05, 0) is 27.4 Å². The largest absolute Gasteiger partial charge is 0.476 e. The van der Waals surface area contributed by atoms with E-state index < -0.39 is 5.97 Å². The van der Waals surface area contributed by atoms with Gasteiger partial charge in [0.15, 0.2) is 10.8 Å². The van der Waals surface area contributed by atoms with Gasteiger partial charge in [-0.1, -0.05) is 11.3 Å². The Labute approximate surface area is 102 Å². The maximum Gasteiger partial charge on any atom is 0.356 e. The average molecular weight is 305 g/mol. The number of hydrogen-bond donors (Lipinski definition) is 2. The number of nitrogens with two attached hydrogens (primary N) is 1. The third-order valence-electron chi connectivity index (χ3n) is 1.67. The van der Waals surface area contributed by atoms with Gasteiger partial charge in [0.2, 0.25) is 0 Å². The van der Waals surface area contributed by atoms with Crippen molar-refractivity contribution in [3.05, 3.63) is 21.6 Å². The van der Waals surface area contributed by atoms with E-state index in [9.17, 15) is 4.79 Å². The van der Waals surface area contributed by atoms with Crippen LogP contribution in [0.25, 0.3) is 9.75 Å². The standard InChI is InChI=1S/C8H5BrN2O2S2/c9-3-1-2-14-5(3)6-4(7(12)13)11-8(10)15-6/h1-2H,(H2,10,11)(H,12,13). The van der Waals surface area contributed by atoms with Gasteiger partial charge >= 0.3 is 5.97 Å². The lowest BCUT2D eigenvalue weighted by atomic mass is 10.3. The van der Waals surface area contributed by atoms with Crippen LogP contribution in [0.15, 0.2) is 15.9 Å². The minimum atomic E-state index is -1.06. The number of carboxylic acid groups (broad SMARTS) is 1. The van der Waals surface area contributed by atoms with E-state index in [-0.39, 0.29) is 10.8 Å². The van der Waals surface area contributed by atoms with Crippen molar-refractivity contribution in [2.24, 2.45) is 0 Å². The summed E-state index contributed by atoms with van der Waals surface area (Å²) in [6.07, 6.45) is 0. The lowest BCUT2D eigenvalue weighted by Gasteiger charge is -1.94. The first-order chi connectivity index (χ1) is 7.09. The van der Waals surface area contributed by atoms with E-state index in [1.54, 1.807) is 0 Å². The molecule has 0 aliphatic rings. The molecule has 0 aromatic carbocycles. The van der Waals surface area contributed by atoms with Gasteiger partial charge in [-0.15, -0.1) is 11.3 Å². The van der Waals surface area contributed by atoms with Crippen LogP contribution in [0.1, 0.15) is 10.5 Å². The van der Waals surface area contributed by atoms with Gasteiger partial charge in [-0.25, -0.2) is 9.78 Å². The number of aromatic carboxylic acids is 1. The van der Waals surface area contributed by atoms with Crippen molar-refractivity contribution < 1.29 is 9.90 Å². The molecular weight excluding hydrogens is 300 g/mol. The Hall–Kier alpha value is -0.920. The maximum atomic E-state index is 10.9. The molecule has 0 bridgehead atoms. The van der Waals surface area contributed by atoms with E-state index in [1.165, 1.54) is 22.7 Å². The number of halogens is 1. The minimum Gasteiger partial charge on any atom is -0.476 e. The predicted octanol–water partition coefficient (Wildman–Crippen LogP) is 2.91. The molecule has 7 heteroatoms. The summed E-state index contributed by atoms with van der Waals surface area (Å²) in [6, 6.07) is 1.86. The van der Waals surface area contributed by atoms with Crippen LogP contribution in [0, 0.1) is 0 Å². The second kappa shape index (κ2) is 3.92. The number of anilines is 1. The third-order valence-corrected chi connectivity index (χ3v) is 4.56. The zero-order valence-electron chi connectivity index (χ0n) is 7.23. The molecule has 0 aliphatic carbocycles. The van der Waals surface area contributed by atoms with Crippen molar-refractivity contribution in [3.63, 3.8) is 0 Å². The van der Waals surface area contributed by atoms with E-state index in [0.717, 1.165) is 9.35 Å². The zero-order valence-corrected chi connectivity index (χ0v) is 10.4. The second-order valence-corrected chi connectivity index (χ2v) is 5.43. The molecule has 0 unspecified atom stereocenters. The highest BCUT2D eigenvalue weighted by Crippen LogP contribution is 2.39. The molecule has 2 aromatic rings. The Bertz CT molecular complexity index is 520. The number of carboxylic acids is 1. The Kier molecular flexibility index (Phi) is 2.76. The molecule has 0 atom stereocenters. The molecule has 2 rings (SSSR count). The van der Waals surface area contributed by atoms with Crippen LogP contribution >= 0.6 is 38.6 Å². The molecule has 2 heterocycles. The smallest absolute Gasteiger partial charge is 0.356 e. The highest BCUT2D eigenvalue weighted by Gasteiger charge is 2.20. The van der Waals surface area contributed by atoms with Crippen LogP contribution < -0.4 is 5.73 Å². The zero-order chi connectivity index (χ0) is 11.0. The fraction of sp³-hybridized carbons (Fsp3) is 0. The van der Waals surface area contributed by atoms with Gasteiger partial charge in [-0.2, -0.15) is 0 Å². The van der Waals surface area contributed by atoms with Gasteiger partial charge in [0.1, 0.15) is 0 Å². The summed E-state index contributed by atoms with van der Waals surface area (Å²) in [7, 11) is 0. The molecular formula is C8H5BrN2O2S2. The van der Waals surface area contributed by atoms with Crippen molar-refractivity contribution in [1.29, 1.82) is 0 Å². The molecule has 0 saturated heterocycles. The van der Waals surface area contributed by atoms with Gasteiger partial charge < -0.3 is 10.8 Å². The normalized spacial score (nSPS) is 10.5. The van der Waals surface area contributed by atoms with Crippen LogP contribution in [-0.2, 0) is 0 Å². The van der Waals surface area contributed by atoms with E-state index in [4.69, 9.17) is 10.8 Å². The van der Waals surface area contributed by atoms with Crippen molar-refractivity contribution in [2.45, 2.75) is 0 Å². The summed E-state index contributed by atoms with van der Waals surface area (Å²) in [4.78, 5) is 16.2. The molecule has 2 aromatic heterocycles. The van der Waals surface area contributed by atoms with Crippen LogP contribution in [-0.4, -0.2) is 16.1 Å². The van der Waals surface area contributed by atoms with Gasteiger partial charge in [0.05, 0.1) is 9.75 Å². The monoisotopic (exact) mass is 304 g/mol. The summed E-state index contributed by atoms with van der Waals surface area (Å²) < 4.78 is 0.860. The van der Waals surface area contributed by atoms with Gasteiger partial charge in [-0.3, -0.25) is 0 Å². The number of carbonyl (C=O) groups is 1. The van der Waals surface area contributed by atoms with Crippen LogP contribution in [0.2, 0.25) is 0 Å². The molecule has 3 N–H and O–H groups in total. The SMILES string of the molecule is Nc1nc(C(=O)O)c(-c2sccc2Br)s1. The number of thiophene rings is 1. The predicted molar refractivity (Wildman–Crippen MR) is 64.5 cm³/mol. The topological polar surface area (TPSA) is 76.2 Å². The number of rotatable bonds is 2. The van der Waals surface area contributed by atoms with Crippen LogP contribution in [0.4, 0.5) is 5.13 Å². The summed E-state index contributed by atoms with van der Waals surface area (Å²) in [5, 5.41) is 11.1. The molecule has 0 radical (unpaired) electrons. The molecule has 0 spiro atoms. The Morgan fingerprint density at radius 1 is 1.53 bits per heavy atom. The number of nitrogens with zero attached hydrogens (tertiary/aromatic N) is 1. The number of nitrogen functional groups attached to an aromatic ring is 1. The first kappa shape index (κ1) is 10.6. The number of thiazole rings is 1. The molecule has 4 nitrogen and oxygen atoms in total. The van der Waals surface area contributed by atoms with E-state index >= 15 is 0 Å². The second-order valence-electron chi connectivity index (χ2n) is 2.63. The van der Waals surface area contributed by atoms with E-state index in [2.05, 4.69) is 20.9 Å². The molecule has 0 aliphatic heterocycles.